The molecular weight excluding hydrogens is 384 g/mol. The highest BCUT2D eigenvalue weighted by molar-refractivity contribution is 5.75. The molecule has 1 aliphatic heterocycles. The van der Waals surface area contributed by atoms with Crippen molar-refractivity contribution < 1.29 is 14.3 Å². The number of rotatable bonds is 13. The first kappa shape index (κ1) is 23.4. The Morgan fingerprint density at radius 2 is 1.42 bits per heavy atom. The molecule has 1 saturated heterocycles. The van der Waals surface area contributed by atoms with Crippen molar-refractivity contribution in [3.63, 3.8) is 0 Å². The lowest BCUT2D eigenvalue weighted by atomic mass is 9.94. The molecule has 0 N–H and O–H groups in total. The highest BCUT2D eigenvalue weighted by Crippen LogP contribution is 2.36. The molecule has 1 fully saturated rings. The number of esters is 1. The number of carbonyl (C=O) groups is 1. The van der Waals surface area contributed by atoms with E-state index < -0.39 is 0 Å². The van der Waals surface area contributed by atoms with Gasteiger partial charge in [-0.1, -0.05) is 95.2 Å². The Morgan fingerprint density at radius 3 is 2.10 bits per heavy atom. The molecule has 0 aromatic heterocycles. The molecule has 3 nitrogen and oxygen atoms in total. The number of ether oxygens (including phenoxy) is 2. The molecule has 2 atom stereocenters. The molecule has 3 heteroatoms. The molecule has 0 aliphatic carbocycles. The summed E-state index contributed by atoms with van der Waals surface area (Å²) in [7, 11) is 0. The van der Waals surface area contributed by atoms with Gasteiger partial charge in [0.2, 0.25) is 0 Å². The Morgan fingerprint density at radius 1 is 0.806 bits per heavy atom. The molecule has 0 bridgehead atoms. The summed E-state index contributed by atoms with van der Waals surface area (Å²) in [6.07, 6.45) is 11.4. The molecule has 2 aromatic rings. The van der Waals surface area contributed by atoms with Crippen molar-refractivity contribution in [1.82, 2.24) is 0 Å². The third-order valence-corrected chi connectivity index (χ3v) is 6.23. The molecule has 2 aromatic carbocycles. The number of benzene rings is 2. The van der Waals surface area contributed by atoms with E-state index in [-0.39, 0.29) is 18.0 Å². The van der Waals surface area contributed by atoms with Gasteiger partial charge in [0.05, 0.1) is 12.5 Å². The lowest BCUT2D eigenvalue weighted by molar-refractivity contribution is -0.144. The van der Waals surface area contributed by atoms with Crippen molar-refractivity contribution in [2.75, 3.05) is 6.61 Å². The largest absolute Gasteiger partial charge is 0.494 e. The molecule has 0 spiro atoms. The van der Waals surface area contributed by atoms with E-state index in [1.165, 1.54) is 49.7 Å². The monoisotopic (exact) mass is 422 g/mol. The maximum absolute atomic E-state index is 12.2. The molecule has 1 heterocycles. The van der Waals surface area contributed by atoms with E-state index in [2.05, 4.69) is 62.4 Å². The quantitative estimate of drug-likeness (QED) is 0.243. The van der Waals surface area contributed by atoms with Gasteiger partial charge in [-0.05, 0) is 41.7 Å². The fourth-order valence-corrected chi connectivity index (χ4v) is 4.25. The third kappa shape index (κ3) is 7.12. The van der Waals surface area contributed by atoms with Gasteiger partial charge in [-0.3, -0.25) is 4.79 Å². The summed E-state index contributed by atoms with van der Waals surface area (Å²) in [4.78, 5) is 12.2. The zero-order chi connectivity index (χ0) is 21.9. The van der Waals surface area contributed by atoms with E-state index in [0.717, 1.165) is 43.6 Å². The average molecular weight is 423 g/mol. The predicted molar refractivity (Wildman–Crippen MR) is 127 cm³/mol. The first-order valence-electron chi connectivity index (χ1n) is 12.2. The van der Waals surface area contributed by atoms with Gasteiger partial charge in [0.1, 0.15) is 11.9 Å². The molecule has 1 aliphatic rings. The van der Waals surface area contributed by atoms with Crippen LogP contribution >= 0.6 is 0 Å². The molecule has 0 saturated carbocycles. The van der Waals surface area contributed by atoms with Crippen LogP contribution in [0.2, 0.25) is 0 Å². The molecule has 3 rings (SSSR count). The van der Waals surface area contributed by atoms with Gasteiger partial charge >= 0.3 is 5.97 Å². The fourth-order valence-electron chi connectivity index (χ4n) is 4.25. The molecular formula is C28H38O3. The highest BCUT2D eigenvalue weighted by Gasteiger charge is 2.34. The van der Waals surface area contributed by atoms with Gasteiger partial charge in [0.15, 0.2) is 0 Å². The summed E-state index contributed by atoms with van der Waals surface area (Å²) in [6, 6.07) is 16.8. The van der Waals surface area contributed by atoms with Crippen LogP contribution in [0, 0.1) is 5.92 Å². The standard InChI is InChI=1S/C28H38O3/c1-3-5-7-8-10-20-30-26-18-16-23(17-19-26)22-12-14-24(15-13-22)27-21-25(28(29)31-27)11-9-6-4-2/h12-19,25,27H,3-11,20-21H2,1-2H3. The Balaban J connectivity index is 1.49. The number of hydrogen-bond donors (Lipinski definition) is 0. The lowest BCUT2D eigenvalue weighted by Gasteiger charge is -2.11. The maximum atomic E-state index is 12.2. The highest BCUT2D eigenvalue weighted by atomic mass is 16.6. The van der Waals surface area contributed by atoms with Crippen LogP contribution in [0.1, 0.15) is 89.7 Å². The lowest BCUT2D eigenvalue weighted by Crippen LogP contribution is -2.06. The topological polar surface area (TPSA) is 35.5 Å². The molecule has 31 heavy (non-hydrogen) atoms. The van der Waals surface area contributed by atoms with Crippen molar-refractivity contribution in [2.45, 2.75) is 84.2 Å². The summed E-state index contributed by atoms with van der Waals surface area (Å²) in [6.45, 7) is 5.21. The van der Waals surface area contributed by atoms with Crippen molar-refractivity contribution >= 4 is 5.97 Å². The molecule has 168 valence electrons. The summed E-state index contributed by atoms with van der Waals surface area (Å²) in [5.74, 6) is 0.976. The van der Waals surface area contributed by atoms with Crippen LogP contribution in [0.25, 0.3) is 11.1 Å². The van der Waals surface area contributed by atoms with Crippen LogP contribution in [0.15, 0.2) is 48.5 Å². The van der Waals surface area contributed by atoms with Crippen molar-refractivity contribution in [3.05, 3.63) is 54.1 Å². The number of carbonyl (C=O) groups excluding carboxylic acids is 1. The minimum atomic E-state index is -0.0960. The van der Waals surface area contributed by atoms with Crippen molar-refractivity contribution in [3.8, 4) is 16.9 Å². The average Bonchev–Trinajstić information content (AvgIpc) is 3.17. The van der Waals surface area contributed by atoms with E-state index >= 15 is 0 Å². The van der Waals surface area contributed by atoms with Crippen LogP contribution in [0.3, 0.4) is 0 Å². The first-order chi connectivity index (χ1) is 15.2. The zero-order valence-electron chi connectivity index (χ0n) is 19.3. The minimum Gasteiger partial charge on any atom is -0.494 e. The van der Waals surface area contributed by atoms with Crippen LogP contribution in [-0.2, 0) is 9.53 Å². The van der Waals surface area contributed by atoms with Gasteiger partial charge in [-0.15, -0.1) is 0 Å². The van der Waals surface area contributed by atoms with Crippen molar-refractivity contribution in [2.24, 2.45) is 5.92 Å². The van der Waals surface area contributed by atoms with Gasteiger partial charge in [0.25, 0.3) is 0 Å². The predicted octanol–water partition coefficient (Wildman–Crippen LogP) is 7.89. The second-order valence-electron chi connectivity index (χ2n) is 8.76. The van der Waals surface area contributed by atoms with E-state index in [1.807, 2.05) is 0 Å². The summed E-state index contributed by atoms with van der Waals surface area (Å²) >= 11 is 0. The summed E-state index contributed by atoms with van der Waals surface area (Å²) < 4.78 is 11.5. The maximum Gasteiger partial charge on any atom is 0.309 e. The third-order valence-electron chi connectivity index (χ3n) is 6.23. The number of hydrogen-bond acceptors (Lipinski definition) is 3. The van der Waals surface area contributed by atoms with E-state index in [4.69, 9.17) is 9.47 Å². The minimum absolute atomic E-state index is 0.0221. The molecule has 0 radical (unpaired) electrons. The Bertz CT molecular complexity index is 779. The smallest absolute Gasteiger partial charge is 0.309 e. The summed E-state index contributed by atoms with van der Waals surface area (Å²) in [5, 5.41) is 0. The Kier molecular flexibility index (Phi) is 9.45. The van der Waals surface area contributed by atoms with Gasteiger partial charge in [-0.25, -0.2) is 0 Å². The Labute approximate surface area is 188 Å². The van der Waals surface area contributed by atoms with Crippen LogP contribution in [0.5, 0.6) is 5.75 Å². The van der Waals surface area contributed by atoms with E-state index in [0.29, 0.717) is 0 Å². The fraction of sp³-hybridized carbons (Fsp3) is 0.536. The van der Waals surface area contributed by atoms with Crippen LogP contribution < -0.4 is 4.74 Å². The SMILES string of the molecule is CCCCCCCOc1ccc(-c2ccc(C3CC(CCCCC)C(=O)O3)cc2)cc1. The van der Waals surface area contributed by atoms with Gasteiger partial charge in [-0.2, -0.15) is 0 Å². The van der Waals surface area contributed by atoms with Gasteiger partial charge in [0, 0.05) is 6.42 Å². The van der Waals surface area contributed by atoms with Crippen LogP contribution in [-0.4, -0.2) is 12.6 Å². The Hall–Kier alpha value is -2.29. The second-order valence-corrected chi connectivity index (χ2v) is 8.76. The number of unbranched alkanes of at least 4 members (excludes halogenated alkanes) is 6. The number of cyclic esters (lactones) is 1. The van der Waals surface area contributed by atoms with Crippen molar-refractivity contribution in [1.29, 1.82) is 0 Å². The normalized spacial score (nSPS) is 18.2. The first-order valence-corrected chi connectivity index (χ1v) is 12.2. The van der Waals surface area contributed by atoms with Gasteiger partial charge < -0.3 is 9.47 Å². The zero-order valence-corrected chi connectivity index (χ0v) is 19.3. The second kappa shape index (κ2) is 12.5. The van der Waals surface area contributed by atoms with Crippen LogP contribution in [0.4, 0.5) is 0 Å². The van der Waals surface area contributed by atoms with E-state index in [1.54, 1.807) is 0 Å². The molecule has 2 unspecified atom stereocenters. The van der Waals surface area contributed by atoms with E-state index in [9.17, 15) is 4.79 Å². The summed E-state index contributed by atoms with van der Waals surface area (Å²) in [5.41, 5.74) is 3.43. The molecule has 0 amide bonds.